The topological polar surface area (TPSA) is 56.8 Å². The number of hydrogen-bond acceptors (Lipinski definition) is 5. The fraction of sp³-hybridized carbons (Fsp3) is 0.526. The van der Waals surface area contributed by atoms with Crippen molar-refractivity contribution in [2.24, 2.45) is 5.92 Å². The van der Waals surface area contributed by atoms with Crippen LogP contribution in [0.3, 0.4) is 0 Å². The van der Waals surface area contributed by atoms with Crippen LogP contribution < -0.4 is 4.90 Å². The summed E-state index contributed by atoms with van der Waals surface area (Å²) in [5.41, 5.74) is 2.08. The summed E-state index contributed by atoms with van der Waals surface area (Å²) < 4.78 is 1.07. The smallest absolute Gasteiger partial charge is 0.229 e. The number of aryl methyl sites for hydroxylation is 1. The Balaban J connectivity index is 1.73. The van der Waals surface area contributed by atoms with Gasteiger partial charge in [0, 0.05) is 32.6 Å². The van der Waals surface area contributed by atoms with Gasteiger partial charge in [-0.25, -0.2) is 4.98 Å². The van der Waals surface area contributed by atoms with Gasteiger partial charge in [0.25, 0.3) is 0 Å². The molecule has 2 heterocycles. The van der Waals surface area contributed by atoms with Crippen molar-refractivity contribution in [2.75, 3.05) is 45.2 Å². The van der Waals surface area contributed by atoms with Crippen molar-refractivity contribution in [1.29, 1.82) is 0 Å². The molecule has 2 amide bonds. The van der Waals surface area contributed by atoms with Crippen LogP contribution in [0.2, 0.25) is 0 Å². The first-order valence-corrected chi connectivity index (χ1v) is 9.81. The van der Waals surface area contributed by atoms with Crippen LogP contribution in [0.4, 0.5) is 5.13 Å². The van der Waals surface area contributed by atoms with Gasteiger partial charge in [0.2, 0.25) is 11.8 Å². The van der Waals surface area contributed by atoms with E-state index in [1.165, 1.54) is 16.9 Å². The van der Waals surface area contributed by atoms with Gasteiger partial charge in [-0.2, -0.15) is 0 Å². The van der Waals surface area contributed by atoms with Crippen molar-refractivity contribution in [3.63, 3.8) is 0 Å². The standard InChI is InChI=1S/C19H26N4O2S/c1-5-22(9-8-21(3)4)18(25)14-11-17(24)23(12-14)19-20-15-7-6-13(2)10-16(15)26-19/h6-7,10,14H,5,8-9,11-12H2,1-4H3. The molecule has 7 heteroatoms. The highest BCUT2D eigenvalue weighted by atomic mass is 32.1. The summed E-state index contributed by atoms with van der Waals surface area (Å²) >= 11 is 1.52. The van der Waals surface area contributed by atoms with Gasteiger partial charge in [-0.15, -0.1) is 0 Å². The van der Waals surface area contributed by atoms with Crippen LogP contribution in [0.5, 0.6) is 0 Å². The van der Waals surface area contributed by atoms with E-state index in [4.69, 9.17) is 0 Å². The average molecular weight is 375 g/mol. The molecule has 1 aromatic heterocycles. The lowest BCUT2D eigenvalue weighted by Gasteiger charge is -2.25. The van der Waals surface area contributed by atoms with Gasteiger partial charge in [0.15, 0.2) is 5.13 Å². The van der Waals surface area contributed by atoms with Gasteiger partial charge >= 0.3 is 0 Å². The van der Waals surface area contributed by atoms with Crippen molar-refractivity contribution < 1.29 is 9.59 Å². The monoisotopic (exact) mass is 374 g/mol. The van der Waals surface area contributed by atoms with E-state index >= 15 is 0 Å². The number of fused-ring (bicyclic) bond motifs is 1. The summed E-state index contributed by atoms with van der Waals surface area (Å²) in [6.45, 7) is 6.63. The van der Waals surface area contributed by atoms with Crippen LogP contribution in [0.25, 0.3) is 10.2 Å². The second kappa shape index (κ2) is 7.72. The number of amides is 2. The molecule has 3 rings (SSSR count). The molecule has 1 aromatic carbocycles. The zero-order chi connectivity index (χ0) is 18.8. The summed E-state index contributed by atoms with van der Waals surface area (Å²) in [4.78, 5) is 35.6. The molecule has 1 saturated heterocycles. The van der Waals surface area contributed by atoms with E-state index in [-0.39, 0.29) is 24.2 Å². The van der Waals surface area contributed by atoms with Crippen LogP contribution >= 0.6 is 11.3 Å². The van der Waals surface area contributed by atoms with E-state index in [9.17, 15) is 9.59 Å². The number of nitrogens with zero attached hydrogens (tertiary/aromatic N) is 4. The summed E-state index contributed by atoms with van der Waals surface area (Å²) in [5.74, 6) is -0.219. The third-order valence-electron chi connectivity index (χ3n) is 4.75. The summed E-state index contributed by atoms with van der Waals surface area (Å²) in [6.07, 6.45) is 0.270. The summed E-state index contributed by atoms with van der Waals surface area (Å²) in [6, 6.07) is 6.08. The molecule has 0 saturated carbocycles. The predicted molar refractivity (Wildman–Crippen MR) is 106 cm³/mol. The molecule has 0 aliphatic carbocycles. The van der Waals surface area contributed by atoms with E-state index in [1.54, 1.807) is 4.90 Å². The number of benzene rings is 1. The van der Waals surface area contributed by atoms with E-state index in [0.29, 0.717) is 24.8 Å². The number of carbonyl (C=O) groups is 2. The molecule has 0 N–H and O–H groups in total. The highest BCUT2D eigenvalue weighted by Gasteiger charge is 2.38. The summed E-state index contributed by atoms with van der Waals surface area (Å²) in [5, 5.41) is 0.697. The predicted octanol–water partition coefficient (Wildman–Crippen LogP) is 2.37. The van der Waals surface area contributed by atoms with Gasteiger partial charge in [0.05, 0.1) is 16.1 Å². The second-order valence-corrected chi connectivity index (χ2v) is 8.10. The minimum atomic E-state index is -0.279. The Hall–Kier alpha value is -1.99. The maximum Gasteiger partial charge on any atom is 0.229 e. The van der Waals surface area contributed by atoms with Gasteiger partial charge < -0.3 is 9.80 Å². The van der Waals surface area contributed by atoms with Crippen LogP contribution in [-0.2, 0) is 9.59 Å². The van der Waals surface area contributed by atoms with Gasteiger partial charge in [0.1, 0.15) is 0 Å². The first kappa shape index (κ1) is 18.8. The third-order valence-corrected chi connectivity index (χ3v) is 5.79. The van der Waals surface area contributed by atoms with Gasteiger partial charge in [-0.3, -0.25) is 14.5 Å². The van der Waals surface area contributed by atoms with Crippen LogP contribution in [0.1, 0.15) is 18.9 Å². The van der Waals surface area contributed by atoms with Crippen LogP contribution in [0, 0.1) is 12.8 Å². The first-order chi connectivity index (χ1) is 12.4. The molecule has 1 aliphatic rings. The highest BCUT2D eigenvalue weighted by Crippen LogP contribution is 2.33. The molecule has 0 radical (unpaired) electrons. The molecule has 26 heavy (non-hydrogen) atoms. The number of aromatic nitrogens is 1. The Morgan fingerprint density at radius 1 is 1.35 bits per heavy atom. The lowest BCUT2D eigenvalue weighted by molar-refractivity contribution is -0.135. The van der Waals surface area contributed by atoms with Gasteiger partial charge in [-0.05, 0) is 45.6 Å². The van der Waals surface area contributed by atoms with Crippen molar-refractivity contribution >= 4 is 38.5 Å². The van der Waals surface area contributed by atoms with Crippen molar-refractivity contribution in [3.8, 4) is 0 Å². The maximum atomic E-state index is 12.8. The molecule has 1 unspecified atom stereocenters. The Morgan fingerprint density at radius 2 is 2.12 bits per heavy atom. The van der Waals surface area contributed by atoms with E-state index < -0.39 is 0 Å². The van der Waals surface area contributed by atoms with Crippen LogP contribution in [-0.4, -0.2) is 66.9 Å². The molecular weight excluding hydrogens is 348 g/mol. The number of anilines is 1. The number of carbonyl (C=O) groups excluding carboxylic acids is 2. The molecule has 2 aromatic rings. The molecule has 1 atom stereocenters. The Morgan fingerprint density at radius 3 is 2.81 bits per heavy atom. The van der Waals surface area contributed by atoms with E-state index in [1.807, 2.05) is 45.0 Å². The molecular formula is C19H26N4O2S. The Kier molecular flexibility index (Phi) is 5.58. The molecule has 6 nitrogen and oxygen atoms in total. The van der Waals surface area contributed by atoms with Crippen molar-refractivity contribution in [2.45, 2.75) is 20.3 Å². The average Bonchev–Trinajstić information content (AvgIpc) is 3.17. The minimum Gasteiger partial charge on any atom is -0.341 e. The fourth-order valence-corrected chi connectivity index (χ4v) is 4.29. The van der Waals surface area contributed by atoms with Crippen molar-refractivity contribution in [3.05, 3.63) is 23.8 Å². The van der Waals surface area contributed by atoms with Gasteiger partial charge in [-0.1, -0.05) is 17.4 Å². The molecule has 0 bridgehead atoms. The zero-order valence-electron chi connectivity index (χ0n) is 15.9. The number of hydrogen-bond donors (Lipinski definition) is 0. The quantitative estimate of drug-likeness (QED) is 0.779. The lowest BCUT2D eigenvalue weighted by Crippen LogP contribution is -2.40. The third kappa shape index (κ3) is 3.88. The number of thiazole rings is 1. The van der Waals surface area contributed by atoms with Crippen LogP contribution in [0.15, 0.2) is 18.2 Å². The Labute approximate surface area is 158 Å². The highest BCUT2D eigenvalue weighted by molar-refractivity contribution is 7.22. The fourth-order valence-electron chi connectivity index (χ4n) is 3.20. The van der Waals surface area contributed by atoms with E-state index in [2.05, 4.69) is 16.0 Å². The minimum absolute atomic E-state index is 0.0113. The molecule has 1 aliphatic heterocycles. The summed E-state index contributed by atoms with van der Waals surface area (Å²) in [7, 11) is 3.99. The normalized spacial score (nSPS) is 17.5. The molecule has 0 spiro atoms. The number of rotatable bonds is 6. The largest absolute Gasteiger partial charge is 0.341 e. The molecule has 140 valence electrons. The second-order valence-electron chi connectivity index (χ2n) is 7.09. The van der Waals surface area contributed by atoms with E-state index in [0.717, 1.165) is 16.8 Å². The molecule has 1 fully saturated rings. The zero-order valence-corrected chi connectivity index (χ0v) is 16.7. The SMILES string of the molecule is CCN(CCN(C)C)C(=O)C1CC(=O)N(c2nc3ccc(C)cc3s2)C1. The lowest BCUT2D eigenvalue weighted by atomic mass is 10.1. The van der Waals surface area contributed by atoms with Crippen molar-refractivity contribution in [1.82, 2.24) is 14.8 Å². The first-order valence-electron chi connectivity index (χ1n) is 9.00. The Bertz CT molecular complexity index is 817. The number of likely N-dealkylation sites (N-methyl/N-ethyl adjacent to an activating group) is 2. The maximum absolute atomic E-state index is 12.8.